The van der Waals surface area contributed by atoms with Crippen LogP contribution in [0.3, 0.4) is 0 Å². The Kier molecular flexibility index (Phi) is 6.48. The summed E-state index contributed by atoms with van der Waals surface area (Å²) in [5, 5.41) is 10.8. The Bertz CT molecular complexity index is 1130. The van der Waals surface area contributed by atoms with Crippen LogP contribution in [0.25, 0.3) is 10.8 Å². The van der Waals surface area contributed by atoms with Gasteiger partial charge in [0.1, 0.15) is 11.5 Å². The molecule has 3 aromatic carbocycles. The van der Waals surface area contributed by atoms with Crippen molar-refractivity contribution in [2.75, 3.05) is 0 Å². The lowest BCUT2D eigenvalue weighted by Gasteiger charge is -2.15. The largest absolute Gasteiger partial charge is 0.465 e. The first-order chi connectivity index (χ1) is 14.7. The van der Waals surface area contributed by atoms with Crippen LogP contribution in [0, 0.1) is 0 Å². The van der Waals surface area contributed by atoms with Crippen molar-refractivity contribution in [2.24, 2.45) is 0 Å². The summed E-state index contributed by atoms with van der Waals surface area (Å²) in [7, 11) is 0. The van der Waals surface area contributed by atoms with Crippen LogP contribution < -0.4 is 10.1 Å². The van der Waals surface area contributed by atoms with Gasteiger partial charge in [0, 0.05) is 11.8 Å². The molecule has 0 aliphatic heterocycles. The third kappa shape index (κ3) is 5.33. The summed E-state index contributed by atoms with van der Waals surface area (Å²) in [6.07, 6.45) is -4.86. The van der Waals surface area contributed by atoms with Crippen LogP contribution in [0.4, 0.5) is 18.0 Å². The third-order valence-corrected chi connectivity index (χ3v) is 4.84. The number of benzene rings is 3. The number of carboxylic acid groups (broad SMARTS) is 1. The number of nitrogens with one attached hydrogen (secondary N) is 1. The molecule has 0 aliphatic rings. The number of alkyl halides is 3. The molecule has 0 atom stereocenters. The lowest BCUT2D eigenvalue weighted by molar-refractivity contribution is -0.136. The number of rotatable bonds is 6. The van der Waals surface area contributed by atoms with Crippen LogP contribution in [0.2, 0.25) is 0 Å². The summed E-state index contributed by atoms with van der Waals surface area (Å²) < 4.78 is 45.9. The van der Waals surface area contributed by atoms with E-state index in [1.807, 2.05) is 6.92 Å². The highest BCUT2D eigenvalue weighted by Gasteiger charge is 2.33. The van der Waals surface area contributed by atoms with Gasteiger partial charge in [-0.05, 0) is 53.6 Å². The number of hydrogen-bond donors (Lipinski definition) is 2. The molecule has 162 valence electrons. The summed E-state index contributed by atoms with van der Waals surface area (Å²) in [5.41, 5.74) is 1.05. The smallest absolute Gasteiger partial charge is 0.417 e. The maximum atomic E-state index is 13.3. The van der Waals surface area contributed by atoms with Gasteiger partial charge >= 0.3 is 12.3 Å². The second-order valence-corrected chi connectivity index (χ2v) is 6.89. The number of carbonyl (C=O) groups is 2. The van der Waals surface area contributed by atoms with Crippen LogP contribution in [0.15, 0.2) is 54.6 Å². The van der Waals surface area contributed by atoms with Gasteiger partial charge < -0.3 is 9.84 Å². The molecule has 3 rings (SSSR count). The molecule has 2 amide bonds. The first-order valence-corrected chi connectivity index (χ1v) is 9.60. The molecule has 0 fully saturated rings. The number of ether oxygens (including phenoxy) is 1. The quantitative estimate of drug-likeness (QED) is 0.507. The normalized spacial score (nSPS) is 11.4. The lowest BCUT2D eigenvalue weighted by Crippen LogP contribution is -2.28. The van der Waals surface area contributed by atoms with Crippen molar-refractivity contribution in [3.05, 3.63) is 71.3 Å². The standard InChI is InChI=1S/C23H20F3NO4/c1-2-14-13-16(9-7-15(14)8-12-21(28)27-22(29)30)31-20-11-10-19(23(24,25)26)17-5-3-4-6-18(17)20/h3-7,9-11,13H,2,8,12H2,1H3,(H,27,28)(H,29,30). The highest BCUT2D eigenvalue weighted by molar-refractivity contribution is 5.92. The summed E-state index contributed by atoms with van der Waals surface area (Å²) in [4.78, 5) is 22.1. The molecule has 31 heavy (non-hydrogen) atoms. The van der Waals surface area contributed by atoms with Crippen molar-refractivity contribution in [3.63, 3.8) is 0 Å². The summed E-state index contributed by atoms with van der Waals surface area (Å²) in [6.45, 7) is 1.92. The molecule has 0 aliphatic carbocycles. The summed E-state index contributed by atoms with van der Waals surface area (Å²) >= 11 is 0. The summed E-state index contributed by atoms with van der Waals surface area (Å²) in [5.74, 6) is 0.172. The van der Waals surface area contributed by atoms with Gasteiger partial charge in [0.25, 0.3) is 0 Å². The Hall–Kier alpha value is -3.55. The maximum Gasteiger partial charge on any atom is 0.417 e. The van der Waals surface area contributed by atoms with Gasteiger partial charge in [0.05, 0.1) is 5.56 Å². The van der Waals surface area contributed by atoms with Gasteiger partial charge in [0.2, 0.25) is 5.91 Å². The Morgan fingerprint density at radius 2 is 1.71 bits per heavy atom. The zero-order chi connectivity index (χ0) is 22.6. The molecule has 8 heteroatoms. The van der Waals surface area contributed by atoms with Gasteiger partial charge in [-0.2, -0.15) is 13.2 Å². The number of imide groups is 1. The number of hydrogen-bond acceptors (Lipinski definition) is 3. The highest BCUT2D eigenvalue weighted by Crippen LogP contribution is 2.39. The fourth-order valence-corrected chi connectivity index (χ4v) is 3.40. The van der Waals surface area contributed by atoms with Crippen LogP contribution in [0.1, 0.15) is 30.0 Å². The second-order valence-electron chi connectivity index (χ2n) is 6.89. The molecule has 0 aromatic heterocycles. The molecule has 0 saturated carbocycles. The van der Waals surface area contributed by atoms with Gasteiger partial charge in [-0.25, -0.2) is 4.79 Å². The molecule has 0 radical (unpaired) electrons. The van der Waals surface area contributed by atoms with E-state index in [2.05, 4.69) is 0 Å². The van der Waals surface area contributed by atoms with Crippen molar-refractivity contribution in [1.82, 2.24) is 5.32 Å². The first-order valence-electron chi connectivity index (χ1n) is 9.60. The van der Waals surface area contributed by atoms with E-state index in [1.54, 1.807) is 41.7 Å². The molecule has 0 bridgehead atoms. The average Bonchev–Trinajstić information content (AvgIpc) is 2.71. The van der Waals surface area contributed by atoms with Crippen molar-refractivity contribution >= 4 is 22.8 Å². The van der Waals surface area contributed by atoms with Crippen molar-refractivity contribution in [2.45, 2.75) is 32.4 Å². The molecule has 0 heterocycles. The Labute approximate surface area is 176 Å². The number of fused-ring (bicyclic) bond motifs is 1. The molecule has 3 aromatic rings. The van der Waals surface area contributed by atoms with E-state index in [0.717, 1.165) is 17.2 Å². The van der Waals surface area contributed by atoms with Crippen molar-refractivity contribution in [1.29, 1.82) is 0 Å². The third-order valence-electron chi connectivity index (χ3n) is 4.84. The fraction of sp³-hybridized carbons (Fsp3) is 0.217. The second kappa shape index (κ2) is 9.07. The number of halogens is 3. The molecular formula is C23H20F3NO4. The van der Waals surface area contributed by atoms with E-state index in [1.165, 1.54) is 12.1 Å². The lowest BCUT2D eigenvalue weighted by atomic mass is 10.00. The van der Waals surface area contributed by atoms with E-state index in [9.17, 15) is 22.8 Å². The highest BCUT2D eigenvalue weighted by atomic mass is 19.4. The Morgan fingerprint density at radius 3 is 2.35 bits per heavy atom. The van der Waals surface area contributed by atoms with Crippen LogP contribution in [-0.2, 0) is 23.8 Å². The van der Waals surface area contributed by atoms with Gasteiger partial charge in [-0.1, -0.05) is 37.3 Å². The van der Waals surface area contributed by atoms with Crippen molar-refractivity contribution < 1.29 is 32.6 Å². The van der Waals surface area contributed by atoms with E-state index >= 15 is 0 Å². The average molecular weight is 431 g/mol. The summed E-state index contributed by atoms with van der Waals surface area (Å²) in [6, 6.07) is 13.7. The topological polar surface area (TPSA) is 75.6 Å². The fourth-order valence-electron chi connectivity index (χ4n) is 3.40. The van der Waals surface area contributed by atoms with Gasteiger partial charge in [-0.15, -0.1) is 0 Å². The minimum absolute atomic E-state index is 0.0169. The SMILES string of the molecule is CCc1cc(Oc2ccc(C(F)(F)F)c3ccccc23)ccc1CCC(=O)NC(=O)O. The Balaban J connectivity index is 1.86. The molecular weight excluding hydrogens is 411 g/mol. The first kappa shape index (κ1) is 22.1. The van der Waals surface area contributed by atoms with Crippen LogP contribution in [0.5, 0.6) is 11.5 Å². The number of amides is 2. The molecule has 0 unspecified atom stereocenters. The predicted octanol–water partition coefficient (Wildman–Crippen LogP) is 5.94. The predicted molar refractivity (Wildman–Crippen MR) is 109 cm³/mol. The van der Waals surface area contributed by atoms with E-state index in [0.29, 0.717) is 29.7 Å². The van der Waals surface area contributed by atoms with E-state index in [-0.39, 0.29) is 11.8 Å². The molecule has 5 nitrogen and oxygen atoms in total. The van der Waals surface area contributed by atoms with E-state index < -0.39 is 23.7 Å². The minimum atomic E-state index is -4.47. The maximum absolute atomic E-state index is 13.3. The molecule has 0 spiro atoms. The monoisotopic (exact) mass is 431 g/mol. The van der Waals surface area contributed by atoms with Crippen molar-refractivity contribution in [3.8, 4) is 11.5 Å². The zero-order valence-electron chi connectivity index (χ0n) is 16.6. The minimum Gasteiger partial charge on any atom is -0.465 e. The zero-order valence-corrected chi connectivity index (χ0v) is 16.6. The van der Waals surface area contributed by atoms with Gasteiger partial charge in [0.15, 0.2) is 0 Å². The van der Waals surface area contributed by atoms with Crippen LogP contribution >= 0.6 is 0 Å². The van der Waals surface area contributed by atoms with Crippen LogP contribution in [-0.4, -0.2) is 17.1 Å². The molecule has 0 saturated heterocycles. The number of aryl methyl sites for hydroxylation is 2. The van der Waals surface area contributed by atoms with E-state index in [4.69, 9.17) is 9.84 Å². The molecule has 2 N–H and O–H groups in total. The number of carbonyl (C=O) groups excluding carboxylic acids is 1. The van der Waals surface area contributed by atoms with Gasteiger partial charge in [-0.3, -0.25) is 10.1 Å². The Morgan fingerprint density at radius 1 is 1.00 bits per heavy atom.